The standard InChI is InChI=1S/C16H22N8O/c17-14(25)13-8-19-16(23-15(13)21-10-3-4-10)22-11-6-20-24(9-11)12-2-1-5-18-7-12/h6,8-10,12,18H,1-5,7H2,(H2,17,25)(H2,19,21,22,23). The molecule has 2 aromatic heterocycles. The molecule has 5 N–H and O–H groups in total. The number of nitrogens with two attached hydrogens (primary N) is 1. The minimum atomic E-state index is -0.535. The molecule has 0 bridgehead atoms. The van der Waals surface area contributed by atoms with Crippen molar-refractivity contribution in [3.8, 4) is 0 Å². The smallest absolute Gasteiger partial charge is 0.254 e. The van der Waals surface area contributed by atoms with Crippen molar-refractivity contribution < 1.29 is 4.79 Å². The van der Waals surface area contributed by atoms with Crippen molar-refractivity contribution in [3.05, 3.63) is 24.2 Å². The van der Waals surface area contributed by atoms with E-state index in [9.17, 15) is 4.79 Å². The monoisotopic (exact) mass is 342 g/mol. The van der Waals surface area contributed by atoms with E-state index in [1.165, 1.54) is 6.20 Å². The van der Waals surface area contributed by atoms with Crippen LogP contribution in [0.2, 0.25) is 0 Å². The minimum Gasteiger partial charge on any atom is -0.367 e. The molecule has 2 aliphatic rings. The summed E-state index contributed by atoms with van der Waals surface area (Å²) in [6.45, 7) is 2.00. The molecule has 1 saturated heterocycles. The Bertz CT molecular complexity index is 763. The molecule has 9 nitrogen and oxygen atoms in total. The van der Waals surface area contributed by atoms with Gasteiger partial charge in [-0.25, -0.2) is 4.98 Å². The van der Waals surface area contributed by atoms with Crippen molar-refractivity contribution in [2.24, 2.45) is 5.73 Å². The summed E-state index contributed by atoms with van der Waals surface area (Å²) in [4.78, 5) is 20.1. The average molecular weight is 342 g/mol. The van der Waals surface area contributed by atoms with E-state index >= 15 is 0 Å². The number of piperidine rings is 1. The highest BCUT2D eigenvalue weighted by molar-refractivity contribution is 5.97. The van der Waals surface area contributed by atoms with Crippen LogP contribution in [-0.4, -0.2) is 44.8 Å². The topological polar surface area (TPSA) is 123 Å². The maximum atomic E-state index is 11.5. The molecule has 0 spiro atoms. The summed E-state index contributed by atoms with van der Waals surface area (Å²) in [5.41, 5.74) is 6.52. The molecular weight excluding hydrogens is 320 g/mol. The maximum absolute atomic E-state index is 11.5. The van der Waals surface area contributed by atoms with Crippen LogP contribution in [0.3, 0.4) is 0 Å². The molecule has 2 fully saturated rings. The van der Waals surface area contributed by atoms with Gasteiger partial charge in [-0.05, 0) is 32.2 Å². The largest absolute Gasteiger partial charge is 0.367 e. The number of hydrogen-bond acceptors (Lipinski definition) is 7. The molecule has 1 saturated carbocycles. The van der Waals surface area contributed by atoms with E-state index in [1.54, 1.807) is 6.20 Å². The second-order valence-corrected chi connectivity index (χ2v) is 6.57. The fourth-order valence-electron chi connectivity index (χ4n) is 2.94. The number of primary amides is 1. The first kappa shape index (κ1) is 15.8. The van der Waals surface area contributed by atoms with Crippen LogP contribution < -0.4 is 21.7 Å². The van der Waals surface area contributed by atoms with Gasteiger partial charge in [0.15, 0.2) is 0 Å². The van der Waals surface area contributed by atoms with Gasteiger partial charge in [-0.2, -0.15) is 10.1 Å². The molecule has 4 rings (SSSR count). The summed E-state index contributed by atoms with van der Waals surface area (Å²) < 4.78 is 1.97. The van der Waals surface area contributed by atoms with Crippen molar-refractivity contribution in [3.63, 3.8) is 0 Å². The zero-order valence-electron chi connectivity index (χ0n) is 13.9. The zero-order valence-corrected chi connectivity index (χ0v) is 13.9. The number of amides is 1. The highest BCUT2D eigenvalue weighted by Gasteiger charge is 2.24. The van der Waals surface area contributed by atoms with Gasteiger partial charge in [0.1, 0.15) is 5.82 Å². The first-order chi connectivity index (χ1) is 12.2. The number of rotatable bonds is 6. The van der Waals surface area contributed by atoms with E-state index in [0.29, 0.717) is 29.4 Å². The molecule has 1 atom stereocenters. The van der Waals surface area contributed by atoms with Gasteiger partial charge in [0.2, 0.25) is 5.95 Å². The number of nitrogens with zero attached hydrogens (tertiary/aromatic N) is 4. The SMILES string of the molecule is NC(=O)c1cnc(Nc2cnn(C3CCCNC3)c2)nc1NC1CC1. The van der Waals surface area contributed by atoms with Crippen LogP contribution in [0.15, 0.2) is 18.6 Å². The maximum Gasteiger partial charge on any atom is 0.254 e. The molecule has 1 aliphatic heterocycles. The van der Waals surface area contributed by atoms with E-state index in [-0.39, 0.29) is 0 Å². The summed E-state index contributed by atoms with van der Waals surface area (Å²) in [5.74, 6) is 0.359. The van der Waals surface area contributed by atoms with E-state index < -0.39 is 5.91 Å². The third kappa shape index (κ3) is 3.71. The summed E-state index contributed by atoms with van der Waals surface area (Å²) in [6, 6.07) is 0.733. The fraction of sp³-hybridized carbons (Fsp3) is 0.500. The van der Waals surface area contributed by atoms with Gasteiger partial charge in [-0.3, -0.25) is 9.48 Å². The van der Waals surface area contributed by atoms with Crippen LogP contribution in [0.1, 0.15) is 42.1 Å². The number of nitrogens with one attached hydrogen (secondary N) is 3. The minimum absolute atomic E-state index is 0.307. The highest BCUT2D eigenvalue weighted by Crippen LogP contribution is 2.26. The van der Waals surface area contributed by atoms with Gasteiger partial charge in [-0.1, -0.05) is 0 Å². The summed E-state index contributed by atoms with van der Waals surface area (Å²) in [7, 11) is 0. The normalized spacial score (nSPS) is 20.2. The lowest BCUT2D eigenvalue weighted by atomic mass is 10.1. The Morgan fingerprint density at radius 1 is 1.32 bits per heavy atom. The number of carbonyl (C=O) groups excluding carboxylic acids is 1. The Morgan fingerprint density at radius 2 is 2.20 bits per heavy atom. The number of aromatic nitrogens is 4. The molecule has 0 aromatic carbocycles. The van der Waals surface area contributed by atoms with Gasteiger partial charge >= 0.3 is 0 Å². The predicted octanol–water partition coefficient (Wildman–Crippen LogP) is 1.01. The van der Waals surface area contributed by atoms with Gasteiger partial charge in [0.25, 0.3) is 5.91 Å². The van der Waals surface area contributed by atoms with Crippen LogP contribution in [0.4, 0.5) is 17.5 Å². The van der Waals surface area contributed by atoms with Gasteiger partial charge in [0, 0.05) is 25.0 Å². The molecule has 1 unspecified atom stereocenters. The third-order valence-corrected chi connectivity index (χ3v) is 4.48. The third-order valence-electron chi connectivity index (χ3n) is 4.48. The second-order valence-electron chi connectivity index (χ2n) is 6.57. The van der Waals surface area contributed by atoms with Gasteiger partial charge < -0.3 is 21.7 Å². The lowest BCUT2D eigenvalue weighted by Gasteiger charge is -2.22. The number of carbonyl (C=O) groups is 1. The quantitative estimate of drug-likeness (QED) is 0.618. The zero-order chi connectivity index (χ0) is 17.2. The lowest BCUT2D eigenvalue weighted by molar-refractivity contribution is 0.100. The molecule has 1 aliphatic carbocycles. The van der Waals surface area contributed by atoms with Crippen LogP contribution >= 0.6 is 0 Å². The molecular formula is C16H22N8O. The number of anilines is 3. The molecule has 0 radical (unpaired) electrons. The van der Waals surface area contributed by atoms with Crippen molar-refractivity contribution in [2.75, 3.05) is 23.7 Å². The second kappa shape index (κ2) is 6.67. The summed E-state index contributed by atoms with van der Waals surface area (Å²) in [6.07, 6.45) is 9.59. The Balaban J connectivity index is 1.50. The molecule has 25 heavy (non-hydrogen) atoms. The Kier molecular flexibility index (Phi) is 4.22. The first-order valence-corrected chi connectivity index (χ1v) is 8.64. The lowest BCUT2D eigenvalue weighted by Crippen LogP contribution is -2.31. The predicted molar refractivity (Wildman–Crippen MR) is 93.8 cm³/mol. The molecule has 9 heteroatoms. The van der Waals surface area contributed by atoms with Crippen molar-refractivity contribution >= 4 is 23.4 Å². The van der Waals surface area contributed by atoms with Crippen LogP contribution in [-0.2, 0) is 0 Å². The summed E-state index contributed by atoms with van der Waals surface area (Å²) in [5, 5.41) is 14.2. The van der Waals surface area contributed by atoms with E-state index in [1.807, 2.05) is 10.9 Å². The van der Waals surface area contributed by atoms with Crippen molar-refractivity contribution in [2.45, 2.75) is 37.8 Å². The molecule has 3 heterocycles. The van der Waals surface area contributed by atoms with E-state index in [0.717, 1.165) is 44.5 Å². The molecule has 132 valence electrons. The van der Waals surface area contributed by atoms with E-state index in [2.05, 4.69) is 31.0 Å². The highest BCUT2D eigenvalue weighted by atomic mass is 16.1. The van der Waals surface area contributed by atoms with Crippen molar-refractivity contribution in [1.82, 2.24) is 25.1 Å². The molecule has 2 aromatic rings. The van der Waals surface area contributed by atoms with Gasteiger partial charge in [-0.15, -0.1) is 0 Å². The van der Waals surface area contributed by atoms with Gasteiger partial charge in [0.05, 0.1) is 23.5 Å². The first-order valence-electron chi connectivity index (χ1n) is 8.64. The van der Waals surface area contributed by atoms with Crippen LogP contribution in [0.25, 0.3) is 0 Å². The summed E-state index contributed by atoms with van der Waals surface area (Å²) >= 11 is 0. The van der Waals surface area contributed by atoms with Crippen LogP contribution in [0.5, 0.6) is 0 Å². The molecule has 1 amide bonds. The van der Waals surface area contributed by atoms with Crippen LogP contribution in [0, 0.1) is 0 Å². The van der Waals surface area contributed by atoms with E-state index in [4.69, 9.17) is 5.73 Å². The Labute approximate surface area is 145 Å². The fourth-order valence-corrected chi connectivity index (χ4v) is 2.94. The average Bonchev–Trinajstić information content (AvgIpc) is 3.31. The Morgan fingerprint density at radius 3 is 2.92 bits per heavy atom. The Hall–Kier alpha value is -2.68. The number of hydrogen-bond donors (Lipinski definition) is 4. The van der Waals surface area contributed by atoms with Crippen molar-refractivity contribution in [1.29, 1.82) is 0 Å².